The lowest BCUT2D eigenvalue weighted by Crippen LogP contribution is -2.14. The maximum Gasteiger partial charge on any atom is 0.260 e. The van der Waals surface area contributed by atoms with Crippen molar-refractivity contribution >= 4 is 34.7 Å². The van der Waals surface area contributed by atoms with Crippen LogP contribution >= 0.6 is 23.8 Å². The van der Waals surface area contributed by atoms with Crippen molar-refractivity contribution < 1.29 is 9.47 Å². The monoisotopic (exact) mass is 349 g/mol. The third kappa shape index (κ3) is 4.60. The molecule has 0 amide bonds. The highest BCUT2D eigenvalue weighted by atomic mass is 35.5. The standard InChI is InChI=1S/C18H20ClNO2S/c1-4-13-6-5-7-16(20-18(23)21-3)14(13)11-22-17-9-8-12(2)10-15(17)19/h5-10H,4,11H2,1-3H3,(H,20,23). The third-order valence-corrected chi connectivity index (χ3v) is 4.10. The Morgan fingerprint density at radius 2 is 2.04 bits per heavy atom. The van der Waals surface area contributed by atoms with E-state index in [0.717, 1.165) is 23.2 Å². The van der Waals surface area contributed by atoms with Gasteiger partial charge in [-0.15, -0.1) is 0 Å². The zero-order valence-electron chi connectivity index (χ0n) is 13.5. The van der Waals surface area contributed by atoms with E-state index < -0.39 is 0 Å². The summed E-state index contributed by atoms with van der Waals surface area (Å²) in [6.07, 6.45) is 0.898. The Kier molecular flexibility index (Phi) is 6.25. The first-order chi connectivity index (χ1) is 11.0. The molecule has 2 rings (SSSR count). The van der Waals surface area contributed by atoms with Crippen LogP contribution in [0.15, 0.2) is 36.4 Å². The highest BCUT2D eigenvalue weighted by molar-refractivity contribution is 7.80. The SMILES string of the molecule is CCc1cccc(NC(=S)OC)c1COc1ccc(C)cc1Cl. The van der Waals surface area contributed by atoms with Gasteiger partial charge in [-0.05, 0) is 54.9 Å². The summed E-state index contributed by atoms with van der Waals surface area (Å²) in [7, 11) is 1.54. The first kappa shape index (κ1) is 17.6. The first-order valence-electron chi connectivity index (χ1n) is 7.39. The van der Waals surface area contributed by atoms with E-state index in [1.165, 1.54) is 5.56 Å². The zero-order chi connectivity index (χ0) is 16.8. The summed E-state index contributed by atoms with van der Waals surface area (Å²) < 4.78 is 11.0. The van der Waals surface area contributed by atoms with Crippen molar-refractivity contribution in [3.05, 3.63) is 58.1 Å². The molecule has 0 spiro atoms. The number of benzene rings is 2. The highest BCUT2D eigenvalue weighted by Gasteiger charge is 2.11. The quantitative estimate of drug-likeness (QED) is 0.758. The second kappa shape index (κ2) is 8.18. The molecule has 0 atom stereocenters. The van der Waals surface area contributed by atoms with Crippen LogP contribution in [0.2, 0.25) is 5.02 Å². The number of hydrogen-bond donors (Lipinski definition) is 1. The molecule has 0 fully saturated rings. The molecule has 0 bridgehead atoms. The van der Waals surface area contributed by atoms with Gasteiger partial charge < -0.3 is 14.8 Å². The lowest BCUT2D eigenvalue weighted by atomic mass is 10.0. The molecule has 2 aromatic carbocycles. The number of thiocarbonyl (C=S) groups is 1. The molecule has 0 heterocycles. The van der Waals surface area contributed by atoms with Crippen LogP contribution in [0.5, 0.6) is 5.75 Å². The smallest absolute Gasteiger partial charge is 0.260 e. The van der Waals surface area contributed by atoms with Crippen molar-refractivity contribution in [1.82, 2.24) is 0 Å². The highest BCUT2D eigenvalue weighted by Crippen LogP contribution is 2.28. The van der Waals surface area contributed by atoms with Crippen LogP contribution in [0.25, 0.3) is 0 Å². The normalized spacial score (nSPS) is 10.3. The second-order valence-electron chi connectivity index (χ2n) is 5.14. The summed E-state index contributed by atoms with van der Waals surface area (Å²) in [4.78, 5) is 0. The number of halogens is 1. The molecule has 3 nitrogen and oxygen atoms in total. The molecule has 0 radical (unpaired) electrons. The van der Waals surface area contributed by atoms with Crippen LogP contribution in [-0.4, -0.2) is 12.3 Å². The summed E-state index contributed by atoms with van der Waals surface area (Å²) in [6, 6.07) is 11.8. The van der Waals surface area contributed by atoms with Gasteiger partial charge >= 0.3 is 0 Å². The minimum absolute atomic E-state index is 0.327. The number of anilines is 1. The van der Waals surface area contributed by atoms with E-state index in [1.807, 2.05) is 37.3 Å². The number of methoxy groups -OCH3 is 1. The van der Waals surface area contributed by atoms with Gasteiger partial charge in [0, 0.05) is 11.3 Å². The molecule has 0 saturated carbocycles. The predicted molar refractivity (Wildman–Crippen MR) is 99.6 cm³/mol. The van der Waals surface area contributed by atoms with Gasteiger partial charge in [-0.25, -0.2) is 0 Å². The zero-order valence-corrected chi connectivity index (χ0v) is 15.1. The van der Waals surface area contributed by atoms with E-state index in [9.17, 15) is 0 Å². The molecule has 5 heteroatoms. The Bertz CT molecular complexity index is 703. The van der Waals surface area contributed by atoms with Crippen LogP contribution in [0.3, 0.4) is 0 Å². The Hall–Kier alpha value is -1.78. The van der Waals surface area contributed by atoms with Gasteiger partial charge in [-0.2, -0.15) is 0 Å². The number of nitrogens with one attached hydrogen (secondary N) is 1. The van der Waals surface area contributed by atoms with Crippen molar-refractivity contribution in [2.75, 3.05) is 12.4 Å². The molecular formula is C18H20ClNO2S. The lowest BCUT2D eigenvalue weighted by Gasteiger charge is -2.17. The number of hydrogen-bond acceptors (Lipinski definition) is 3. The summed E-state index contributed by atoms with van der Waals surface area (Å²) >= 11 is 11.3. The average molecular weight is 350 g/mol. The van der Waals surface area contributed by atoms with Crippen molar-refractivity contribution in [3.8, 4) is 5.75 Å². The molecule has 122 valence electrons. The number of rotatable bonds is 5. The molecule has 0 aromatic heterocycles. The fourth-order valence-electron chi connectivity index (χ4n) is 2.29. The van der Waals surface area contributed by atoms with Gasteiger partial charge in [0.2, 0.25) is 0 Å². The van der Waals surface area contributed by atoms with Gasteiger partial charge in [0.1, 0.15) is 12.4 Å². The van der Waals surface area contributed by atoms with Crippen LogP contribution in [-0.2, 0) is 17.8 Å². The third-order valence-electron chi connectivity index (χ3n) is 3.54. The van der Waals surface area contributed by atoms with E-state index >= 15 is 0 Å². The summed E-state index contributed by atoms with van der Waals surface area (Å²) in [6.45, 7) is 4.51. The molecule has 0 aliphatic heterocycles. The van der Waals surface area contributed by atoms with E-state index in [1.54, 1.807) is 7.11 Å². The molecular weight excluding hydrogens is 330 g/mol. The van der Waals surface area contributed by atoms with Crippen molar-refractivity contribution in [2.45, 2.75) is 26.9 Å². The molecule has 23 heavy (non-hydrogen) atoms. The minimum Gasteiger partial charge on any atom is -0.487 e. The maximum absolute atomic E-state index is 6.23. The van der Waals surface area contributed by atoms with E-state index in [2.05, 4.69) is 18.3 Å². The van der Waals surface area contributed by atoms with Crippen molar-refractivity contribution in [3.63, 3.8) is 0 Å². The summed E-state index contributed by atoms with van der Waals surface area (Å²) in [5, 5.41) is 4.03. The largest absolute Gasteiger partial charge is 0.487 e. The molecule has 2 aromatic rings. The fourth-order valence-corrected chi connectivity index (χ4v) is 2.69. The Labute approximate surface area is 147 Å². The lowest BCUT2D eigenvalue weighted by molar-refractivity contribution is 0.306. The van der Waals surface area contributed by atoms with Gasteiger partial charge in [0.15, 0.2) is 0 Å². The maximum atomic E-state index is 6.23. The topological polar surface area (TPSA) is 30.5 Å². The summed E-state index contributed by atoms with van der Waals surface area (Å²) in [5.41, 5.74) is 4.23. The summed E-state index contributed by atoms with van der Waals surface area (Å²) in [5.74, 6) is 0.670. The Morgan fingerprint density at radius 1 is 1.26 bits per heavy atom. The average Bonchev–Trinajstić information content (AvgIpc) is 2.54. The van der Waals surface area contributed by atoms with Crippen LogP contribution < -0.4 is 10.1 Å². The number of aryl methyl sites for hydroxylation is 2. The van der Waals surface area contributed by atoms with E-state index in [4.69, 9.17) is 33.3 Å². The Morgan fingerprint density at radius 3 is 2.70 bits per heavy atom. The predicted octanol–water partition coefficient (Wildman–Crippen LogP) is 5.13. The van der Waals surface area contributed by atoms with Crippen LogP contribution in [0.1, 0.15) is 23.6 Å². The van der Waals surface area contributed by atoms with E-state index in [0.29, 0.717) is 22.6 Å². The van der Waals surface area contributed by atoms with Gasteiger partial charge in [-0.3, -0.25) is 0 Å². The molecule has 0 unspecified atom stereocenters. The molecule has 1 N–H and O–H groups in total. The van der Waals surface area contributed by atoms with Gasteiger partial charge in [-0.1, -0.05) is 36.7 Å². The first-order valence-corrected chi connectivity index (χ1v) is 8.18. The fraction of sp³-hybridized carbons (Fsp3) is 0.278. The van der Waals surface area contributed by atoms with Gasteiger partial charge in [0.05, 0.1) is 12.1 Å². The second-order valence-corrected chi connectivity index (χ2v) is 5.91. The molecule has 0 aliphatic rings. The van der Waals surface area contributed by atoms with Crippen molar-refractivity contribution in [1.29, 1.82) is 0 Å². The Balaban J connectivity index is 2.24. The van der Waals surface area contributed by atoms with Crippen molar-refractivity contribution in [2.24, 2.45) is 0 Å². The van der Waals surface area contributed by atoms with Crippen LogP contribution in [0.4, 0.5) is 5.69 Å². The van der Waals surface area contributed by atoms with Crippen LogP contribution in [0, 0.1) is 6.92 Å². The minimum atomic E-state index is 0.327. The molecule has 0 saturated heterocycles. The number of ether oxygens (including phenoxy) is 2. The van der Waals surface area contributed by atoms with Gasteiger partial charge in [0.25, 0.3) is 5.17 Å². The van der Waals surface area contributed by atoms with E-state index in [-0.39, 0.29) is 0 Å². The molecule has 0 aliphatic carbocycles.